The number of aromatic nitrogens is 1. The van der Waals surface area contributed by atoms with Crippen molar-refractivity contribution in [2.75, 3.05) is 12.4 Å². The van der Waals surface area contributed by atoms with Gasteiger partial charge in [-0.2, -0.15) is 0 Å². The smallest absolute Gasteiger partial charge is 0.409 e. The van der Waals surface area contributed by atoms with Crippen molar-refractivity contribution < 1.29 is 24.3 Å². The third kappa shape index (κ3) is 3.82. The van der Waals surface area contributed by atoms with E-state index in [2.05, 4.69) is 10.3 Å². The van der Waals surface area contributed by atoms with Gasteiger partial charge in [-0.1, -0.05) is 11.6 Å². The highest BCUT2D eigenvalue weighted by atomic mass is 35.5. The molecule has 0 atom stereocenters. The lowest BCUT2D eigenvalue weighted by molar-refractivity contribution is -0.385. The molecule has 0 aliphatic carbocycles. The lowest BCUT2D eigenvalue weighted by Gasteiger charge is -2.11. The van der Waals surface area contributed by atoms with Crippen molar-refractivity contribution in [3.63, 3.8) is 0 Å². The summed E-state index contributed by atoms with van der Waals surface area (Å²) in [5, 5.41) is 22.7. The van der Waals surface area contributed by atoms with Crippen molar-refractivity contribution in [1.82, 2.24) is 4.98 Å². The Balaban J connectivity index is 2.02. The lowest BCUT2D eigenvalue weighted by Crippen LogP contribution is -2.07. The highest BCUT2D eigenvalue weighted by molar-refractivity contribution is 6.33. The molecule has 0 saturated heterocycles. The van der Waals surface area contributed by atoms with Gasteiger partial charge in [0.05, 0.1) is 33.6 Å². The molecule has 1 aromatic heterocycles. The first-order chi connectivity index (χ1) is 12.9. The first-order valence-corrected chi connectivity index (χ1v) is 7.85. The monoisotopic (exact) mass is 389 g/mol. The van der Waals surface area contributed by atoms with Gasteiger partial charge >= 0.3 is 11.8 Å². The second-order valence-corrected chi connectivity index (χ2v) is 5.69. The minimum absolute atomic E-state index is 0.0873. The molecule has 0 spiro atoms. The Morgan fingerprint density at radius 1 is 1.26 bits per heavy atom. The number of fused-ring (bicyclic) bond motifs is 1. The Morgan fingerprint density at radius 2 is 2.04 bits per heavy atom. The molecule has 1 amide bonds. The van der Waals surface area contributed by atoms with Gasteiger partial charge in [0, 0.05) is 24.4 Å². The fraction of sp³-hybridized carbons (Fsp3) is 0.0588. The number of nitrogens with zero attached hydrogens (tertiary/aromatic N) is 2. The summed E-state index contributed by atoms with van der Waals surface area (Å²) in [5.41, 5.74) is 0.434. The van der Waals surface area contributed by atoms with Gasteiger partial charge in [-0.15, -0.1) is 0 Å². The van der Waals surface area contributed by atoms with E-state index in [9.17, 15) is 14.9 Å². The molecule has 3 aromatic rings. The molecule has 0 aliphatic rings. The first-order valence-electron chi connectivity index (χ1n) is 7.47. The number of ether oxygens (including phenoxy) is 2. The number of amides is 1. The summed E-state index contributed by atoms with van der Waals surface area (Å²) in [6.45, 7) is 0. The van der Waals surface area contributed by atoms with Crippen molar-refractivity contribution in [2.24, 2.45) is 0 Å². The molecule has 0 saturated carbocycles. The predicted octanol–water partition coefficient (Wildman–Crippen LogP) is 4.69. The van der Waals surface area contributed by atoms with Gasteiger partial charge in [0.2, 0.25) is 0 Å². The lowest BCUT2D eigenvalue weighted by atomic mass is 10.1. The van der Waals surface area contributed by atoms with Gasteiger partial charge in [0.15, 0.2) is 5.75 Å². The second kappa shape index (κ2) is 7.34. The number of hydrogen-bond acceptors (Lipinski definition) is 6. The molecule has 2 N–H and O–H groups in total. The van der Waals surface area contributed by atoms with Gasteiger partial charge in [-0.25, -0.2) is 4.79 Å². The number of nitro groups is 1. The van der Waals surface area contributed by atoms with Crippen molar-refractivity contribution in [1.29, 1.82) is 0 Å². The third-order valence-corrected chi connectivity index (χ3v) is 3.92. The molecule has 0 fully saturated rings. The number of carboxylic acid groups (broad SMARTS) is 1. The van der Waals surface area contributed by atoms with Crippen LogP contribution < -0.4 is 14.8 Å². The summed E-state index contributed by atoms with van der Waals surface area (Å²) in [6.07, 6.45) is 0.247. The number of hydrogen-bond donors (Lipinski definition) is 2. The number of methoxy groups -OCH3 is 1. The molecule has 0 unspecified atom stereocenters. The SMILES string of the molecule is COc1cc2nccc(Oc3ccc(NC(=O)O)c(Cl)c3)c2cc1[N+](=O)[O-]. The maximum atomic E-state index is 11.3. The fourth-order valence-electron chi connectivity index (χ4n) is 2.43. The number of pyridine rings is 1. The van der Waals surface area contributed by atoms with Crippen LogP contribution >= 0.6 is 11.6 Å². The highest BCUT2D eigenvalue weighted by Gasteiger charge is 2.18. The number of nitro benzene ring substituents is 1. The molecule has 9 nitrogen and oxygen atoms in total. The summed E-state index contributed by atoms with van der Waals surface area (Å²) in [5.74, 6) is 0.729. The van der Waals surface area contributed by atoms with Crippen LogP contribution in [0.1, 0.15) is 0 Å². The molecule has 0 aliphatic heterocycles. The minimum Gasteiger partial charge on any atom is -0.490 e. The zero-order chi connectivity index (χ0) is 19.6. The molecule has 1 heterocycles. The van der Waals surface area contributed by atoms with Gasteiger partial charge < -0.3 is 14.6 Å². The summed E-state index contributed by atoms with van der Waals surface area (Å²) < 4.78 is 10.8. The van der Waals surface area contributed by atoms with Crippen molar-refractivity contribution in [3.05, 3.63) is 57.7 Å². The van der Waals surface area contributed by atoms with Crippen LogP contribution in [0.25, 0.3) is 10.9 Å². The molecule has 27 heavy (non-hydrogen) atoms. The molecule has 10 heteroatoms. The summed E-state index contributed by atoms with van der Waals surface area (Å²) in [6, 6.07) is 8.71. The number of benzene rings is 2. The molecule has 138 valence electrons. The van der Waals surface area contributed by atoms with Crippen molar-refractivity contribution >= 4 is 40.0 Å². The Hall–Kier alpha value is -3.59. The van der Waals surface area contributed by atoms with E-state index in [1.165, 1.54) is 43.6 Å². The average Bonchev–Trinajstić information content (AvgIpc) is 2.62. The topological polar surface area (TPSA) is 124 Å². The van der Waals surface area contributed by atoms with Crippen LogP contribution in [0.15, 0.2) is 42.6 Å². The van der Waals surface area contributed by atoms with Crippen LogP contribution in [0.3, 0.4) is 0 Å². The standard InChI is InChI=1S/C17H12ClN3O6/c1-26-16-8-13-10(7-14(16)21(24)25)15(4-5-19-13)27-9-2-3-12(11(18)6-9)20-17(22)23/h2-8,20H,1H3,(H,22,23). The molecular formula is C17H12ClN3O6. The van der Waals surface area contributed by atoms with E-state index < -0.39 is 11.0 Å². The highest BCUT2D eigenvalue weighted by Crippen LogP contribution is 2.37. The Bertz CT molecular complexity index is 1060. The number of halogens is 1. The second-order valence-electron chi connectivity index (χ2n) is 5.28. The molecule has 0 radical (unpaired) electrons. The Labute approximate surface area is 157 Å². The van der Waals surface area contributed by atoms with E-state index in [1.807, 2.05) is 0 Å². The van der Waals surface area contributed by atoms with Crippen LogP contribution in [0.2, 0.25) is 5.02 Å². The number of rotatable bonds is 5. The quantitative estimate of drug-likeness (QED) is 0.479. The van der Waals surface area contributed by atoms with Crippen LogP contribution in [-0.2, 0) is 0 Å². The van der Waals surface area contributed by atoms with E-state index >= 15 is 0 Å². The average molecular weight is 390 g/mol. The largest absolute Gasteiger partial charge is 0.490 e. The molecular weight excluding hydrogens is 378 g/mol. The van der Waals surface area contributed by atoms with Crippen LogP contribution in [0.5, 0.6) is 17.2 Å². The van der Waals surface area contributed by atoms with Crippen LogP contribution in [0.4, 0.5) is 16.2 Å². The summed E-state index contributed by atoms with van der Waals surface area (Å²) in [7, 11) is 1.34. The van der Waals surface area contributed by atoms with Gasteiger partial charge in [-0.05, 0) is 18.2 Å². The summed E-state index contributed by atoms with van der Waals surface area (Å²) >= 11 is 6.04. The molecule has 0 bridgehead atoms. The van der Waals surface area contributed by atoms with E-state index in [4.69, 9.17) is 26.2 Å². The maximum Gasteiger partial charge on any atom is 0.409 e. The Kier molecular flexibility index (Phi) is 4.95. The van der Waals surface area contributed by atoms with Gasteiger partial charge in [0.1, 0.15) is 11.5 Å². The number of carbonyl (C=O) groups is 1. The van der Waals surface area contributed by atoms with Gasteiger partial charge in [-0.3, -0.25) is 20.4 Å². The van der Waals surface area contributed by atoms with Crippen molar-refractivity contribution in [2.45, 2.75) is 0 Å². The van der Waals surface area contributed by atoms with E-state index in [-0.39, 0.29) is 22.1 Å². The minimum atomic E-state index is -1.24. The third-order valence-electron chi connectivity index (χ3n) is 3.61. The van der Waals surface area contributed by atoms with Gasteiger partial charge in [0.25, 0.3) is 0 Å². The normalized spacial score (nSPS) is 10.4. The summed E-state index contributed by atoms with van der Waals surface area (Å²) in [4.78, 5) is 25.6. The van der Waals surface area contributed by atoms with E-state index in [1.54, 1.807) is 6.07 Å². The molecule has 2 aromatic carbocycles. The zero-order valence-electron chi connectivity index (χ0n) is 13.8. The van der Waals surface area contributed by atoms with Crippen LogP contribution in [-0.4, -0.2) is 28.2 Å². The predicted molar refractivity (Wildman–Crippen MR) is 98.1 cm³/mol. The van der Waals surface area contributed by atoms with Crippen molar-refractivity contribution in [3.8, 4) is 17.2 Å². The number of anilines is 1. The maximum absolute atomic E-state index is 11.3. The Morgan fingerprint density at radius 3 is 2.67 bits per heavy atom. The van der Waals surface area contributed by atoms with Crippen LogP contribution in [0, 0.1) is 10.1 Å². The van der Waals surface area contributed by atoms with E-state index in [0.717, 1.165) is 0 Å². The fourth-order valence-corrected chi connectivity index (χ4v) is 2.65. The zero-order valence-corrected chi connectivity index (χ0v) is 14.6. The van der Waals surface area contributed by atoms with E-state index in [0.29, 0.717) is 22.4 Å². The first kappa shape index (κ1) is 18.2. The molecule has 3 rings (SSSR count). The number of nitrogens with one attached hydrogen (secondary N) is 1.